The second kappa shape index (κ2) is 7.67. The van der Waals surface area contributed by atoms with E-state index in [-0.39, 0.29) is 0 Å². The first-order chi connectivity index (χ1) is 11.6. The number of benzene rings is 2. The van der Waals surface area contributed by atoms with Crippen molar-refractivity contribution in [1.82, 2.24) is 4.90 Å². The highest BCUT2D eigenvalue weighted by Crippen LogP contribution is 2.25. The number of anilines is 2. The van der Waals surface area contributed by atoms with Gasteiger partial charge in [-0.3, -0.25) is 0 Å². The van der Waals surface area contributed by atoms with Crippen molar-refractivity contribution in [2.75, 3.05) is 30.4 Å². The molecule has 2 aromatic rings. The molecule has 3 rings (SSSR count). The quantitative estimate of drug-likeness (QED) is 0.831. The van der Waals surface area contributed by atoms with Crippen LogP contribution in [0.2, 0.25) is 0 Å². The Balaban J connectivity index is 1.68. The zero-order valence-electron chi connectivity index (χ0n) is 14.5. The molecule has 24 heavy (non-hydrogen) atoms. The summed E-state index contributed by atoms with van der Waals surface area (Å²) in [5.74, 6) is 0. The lowest BCUT2D eigenvalue weighted by Crippen LogP contribution is -2.31. The van der Waals surface area contributed by atoms with E-state index in [1.807, 2.05) is 19.2 Å². The number of para-hydroxylation sites is 1. The van der Waals surface area contributed by atoms with E-state index in [0.29, 0.717) is 0 Å². The van der Waals surface area contributed by atoms with Crippen LogP contribution < -0.4 is 10.2 Å². The van der Waals surface area contributed by atoms with E-state index in [1.54, 1.807) is 0 Å². The predicted octanol–water partition coefficient (Wildman–Crippen LogP) is 4.42. The number of aryl methyl sites for hydroxylation is 1. The topological polar surface area (TPSA) is 18.5 Å². The van der Waals surface area contributed by atoms with Crippen LogP contribution in [-0.2, 0) is 6.54 Å². The number of nitrogens with one attached hydrogen (secondary N) is 1. The lowest BCUT2D eigenvalue weighted by Gasteiger charge is -2.26. The van der Waals surface area contributed by atoms with E-state index in [2.05, 4.69) is 58.4 Å². The SMILES string of the molecule is Cc1cccc(NC(=S)N(C)Cc2ccccc2N2CCCC2)c1. The Morgan fingerprint density at radius 2 is 1.88 bits per heavy atom. The van der Waals surface area contributed by atoms with Crippen molar-refractivity contribution in [2.24, 2.45) is 0 Å². The van der Waals surface area contributed by atoms with Gasteiger partial charge in [0.15, 0.2) is 5.11 Å². The molecule has 3 nitrogen and oxygen atoms in total. The molecule has 0 spiro atoms. The van der Waals surface area contributed by atoms with Gasteiger partial charge in [-0.25, -0.2) is 0 Å². The van der Waals surface area contributed by atoms with Gasteiger partial charge in [0.1, 0.15) is 0 Å². The van der Waals surface area contributed by atoms with Gasteiger partial charge in [0, 0.05) is 38.1 Å². The number of nitrogens with zero attached hydrogens (tertiary/aromatic N) is 2. The lowest BCUT2D eigenvalue weighted by atomic mass is 10.1. The van der Waals surface area contributed by atoms with E-state index >= 15 is 0 Å². The van der Waals surface area contributed by atoms with E-state index in [1.165, 1.54) is 29.7 Å². The average molecular weight is 340 g/mol. The summed E-state index contributed by atoms with van der Waals surface area (Å²) in [5.41, 5.74) is 4.94. The van der Waals surface area contributed by atoms with Crippen molar-refractivity contribution >= 4 is 28.7 Å². The van der Waals surface area contributed by atoms with E-state index in [9.17, 15) is 0 Å². The molecular weight excluding hydrogens is 314 g/mol. The smallest absolute Gasteiger partial charge is 0.173 e. The first kappa shape index (κ1) is 16.8. The maximum atomic E-state index is 5.58. The van der Waals surface area contributed by atoms with Crippen molar-refractivity contribution in [3.63, 3.8) is 0 Å². The van der Waals surface area contributed by atoms with Crippen LogP contribution in [0.1, 0.15) is 24.0 Å². The molecule has 1 aliphatic rings. The van der Waals surface area contributed by atoms with E-state index < -0.39 is 0 Å². The summed E-state index contributed by atoms with van der Waals surface area (Å²) in [5, 5.41) is 4.08. The van der Waals surface area contributed by atoms with Gasteiger partial charge in [-0.1, -0.05) is 30.3 Å². The summed E-state index contributed by atoms with van der Waals surface area (Å²) in [7, 11) is 2.05. The Morgan fingerprint density at radius 3 is 2.62 bits per heavy atom. The Kier molecular flexibility index (Phi) is 5.36. The Bertz CT molecular complexity index is 708. The molecule has 1 fully saturated rings. The van der Waals surface area contributed by atoms with Crippen molar-refractivity contribution in [3.05, 3.63) is 59.7 Å². The van der Waals surface area contributed by atoms with Crippen LogP contribution in [0.5, 0.6) is 0 Å². The molecule has 0 bridgehead atoms. The zero-order valence-corrected chi connectivity index (χ0v) is 15.3. The van der Waals surface area contributed by atoms with Crippen molar-refractivity contribution in [2.45, 2.75) is 26.3 Å². The summed E-state index contributed by atoms with van der Waals surface area (Å²) in [6.07, 6.45) is 2.58. The Hall–Kier alpha value is -2.07. The standard InChI is InChI=1S/C20H25N3S/c1-16-8-7-10-18(14-16)21-20(24)22(2)15-17-9-3-4-11-19(17)23-12-5-6-13-23/h3-4,7-11,14H,5-6,12-13,15H2,1-2H3,(H,21,24). The van der Waals surface area contributed by atoms with Gasteiger partial charge in [0.25, 0.3) is 0 Å². The van der Waals surface area contributed by atoms with Crippen molar-refractivity contribution in [3.8, 4) is 0 Å². The molecule has 1 heterocycles. The Labute approximate surface area is 150 Å². The summed E-state index contributed by atoms with van der Waals surface area (Å²) < 4.78 is 0. The molecule has 1 N–H and O–H groups in total. The highest BCUT2D eigenvalue weighted by atomic mass is 32.1. The molecule has 0 amide bonds. The highest BCUT2D eigenvalue weighted by Gasteiger charge is 2.16. The number of hydrogen-bond donors (Lipinski definition) is 1. The molecular formula is C20H25N3S. The fourth-order valence-electron chi connectivity index (χ4n) is 3.18. The third-order valence-electron chi connectivity index (χ3n) is 4.46. The maximum absolute atomic E-state index is 5.58. The third kappa shape index (κ3) is 4.06. The van der Waals surface area contributed by atoms with Crippen LogP contribution in [0.3, 0.4) is 0 Å². The minimum Gasteiger partial charge on any atom is -0.371 e. The van der Waals surface area contributed by atoms with Crippen LogP contribution in [0.15, 0.2) is 48.5 Å². The molecule has 0 saturated carbocycles. The molecule has 1 saturated heterocycles. The summed E-state index contributed by atoms with van der Waals surface area (Å²) in [6.45, 7) is 5.22. The van der Waals surface area contributed by atoms with Gasteiger partial charge in [0.05, 0.1) is 0 Å². The number of thiocarbonyl (C=S) groups is 1. The van der Waals surface area contributed by atoms with E-state index in [0.717, 1.165) is 30.4 Å². The predicted molar refractivity (Wildman–Crippen MR) is 107 cm³/mol. The van der Waals surface area contributed by atoms with Crippen LogP contribution in [0.4, 0.5) is 11.4 Å². The fraction of sp³-hybridized carbons (Fsp3) is 0.350. The van der Waals surface area contributed by atoms with Gasteiger partial charge in [-0.2, -0.15) is 0 Å². The molecule has 4 heteroatoms. The third-order valence-corrected chi connectivity index (χ3v) is 4.88. The van der Waals surface area contributed by atoms with Gasteiger partial charge in [-0.15, -0.1) is 0 Å². The largest absolute Gasteiger partial charge is 0.371 e. The second-order valence-electron chi connectivity index (χ2n) is 6.48. The average Bonchev–Trinajstić information content (AvgIpc) is 3.09. The molecule has 1 aliphatic heterocycles. The van der Waals surface area contributed by atoms with Crippen LogP contribution in [0.25, 0.3) is 0 Å². The summed E-state index contributed by atoms with van der Waals surface area (Å²) in [4.78, 5) is 4.59. The van der Waals surface area contributed by atoms with Gasteiger partial charge in [-0.05, 0) is 61.3 Å². The first-order valence-electron chi connectivity index (χ1n) is 8.55. The number of rotatable bonds is 4. The minimum absolute atomic E-state index is 0.747. The van der Waals surface area contributed by atoms with Crippen LogP contribution in [0, 0.1) is 6.92 Å². The molecule has 0 unspecified atom stereocenters. The van der Waals surface area contributed by atoms with Crippen molar-refractivity contribution in [1.29, 1.82) is 0 Å². The fourth-order valence-corrected chi connectivity index (χ4v) is 3.36. The lowest BCUT2D eigenvalue weighted by molar-refractivity contribution is 0.508. The molecule has 2 aromatic carbocycles. The van der Waals surface area contributed by atoms with Crippen LogP contribution in [-0.4, -0.2) is 30.1 Å². The molecule has 0 atom stereocenters. The molecule has 0 radical (unpaired) electrons. The van der Waals surface area contributed by atoms with E-state index in [4.69, 9.17) is 12.2 Å². The highest BCUT2D eigenvalue weighted by molar-refractivity contribution is 7.80. The van der Waals surface area contributed by atoms with Crippen LogP contribution >= 0.6 is 12.2 Å². The van der Waals surface area contributed by atoms with Crippen molar-refractivity contribution < 1.29 is 0 Å². The maximum Gasteiger partial charge on any atom is 0.173 e. The Morgan fingerprint density at radius 1 is 1.12 bits per heavy atom. The summed E-state index contributed by atoms with van der Waals surface area (Å²) >= 11 is 5.58. The second-order valence-corrected chi connectivity index (χ2v) is 6.87. The molecule has 126 valence electrons. The molecule has 0 aliphatic carbocycles. The minimum atomic E-state index is 0.747. The summed E-state index contributed by atoms with van der Waals surface area (Å²) in [6, 6.07) is 17.0. The zero-order chi connectivity index (χ0) is 16.9. The van der Waals surface area contributed by atoms with Gasteiger partial charge >= 0.3 is 0 Å². The normalized spacial score (nSPS) is 13.8. The van der Waals surface area contributed by atoms with Gasteiger partial charge in [0.2, 0.25) is 0 Å². The number of hydrogen-bond acceptors (Lipinski definition) is 2. The monoisotopic (exact) mass is 339 g/mol. The van der Waals surface area contributed by atoms with Gasteiger partial charge < -0.3 is 15.1 Å². The molecule has 0 aromatic heterocycles. The first-order valence-corrected chi connectivity index (χ1v) is 8.96.